The van der Waals surface area contributed by atoms with Gasteiger partial charge in [-0.25, -0.2) is 4.39 Å². The molecule has 0 fully saturated rings. The Morgan fingerprint density at radius 1 is 0.958 bits per heavy atom. The molecule has 3 aromatic rings. The molecule has 0 spiro atoms. The van der Waals surface area contributed by atoms with E-state index in [0.717, 1.165) is 17.1 Å². The second-order valence-corrected chi connectivity index (χ2v) is 5.21. The molecule has 0 aliphatic heterocycles. The zero-order valence-electron chi connectivity index (χ0n) is 13.0. The van der Waals surface area contributed by atoms with Crippen LogP contribution >= 0.6 is 0 Å². The van der Waals surface area contributed by atoms with Crippen molar-refractivity contribution >= 4 is 0 Å². The predicted molar refractivity (Wildman–Crippen MR) is 86.4 cm³/mol. The molecule has 126 valence electrons. The lowest BCUT2D eigenvalue weighted by molar-refractivity contribution is -0.00000619. The molecule has 5 heteroatoms. The monoisotopic (exact) mass is 346 g/mol. The minimum atomic E-state index is -0.247. The van der Waals surface area contributed by atoms with Gasteiger partial charge in [0, 0.05) is 12.1 Å². The Kier molecular flexibility index (Phi) is 6.85. The van der Waals surface area contributed by atoms with Crippen LogP contribution in [-0.2, 0) is 19.7 Å². The third-order valence-corrected chi connectivity index (χ3v) is 3.46. The molecule has 0 saturated heterocycles. The Bertz CT molecular complexity index is 747. The van der Waals surface area contributed by atoms with Gasteiger partial charge in [-0.15, -0.1) is 0 Å². The fraction of sp³-hybridized carbons (Fsp3) is 0.158. The largest absolute Gasteiger partial charge is 1.00 e. The van der Waals surface area contributed by atoms with E-state index in [1.807, 2.05) is 36.4 Å². The van der Waals surface area contributed by atoms with Gasteiger partial charge in [-0.2, -0.15) is 0 Å². The molecule has 1 heterocycles. The number of nitrogens with one attached hydrogen (secondary N) is 1. The highest BCUT2D eigenvalue weighted by Gasteiger charge is 2.03. The summed E-state index contributed by atoms with van der Waals surface area (Å²) in [6.45, 7) is 1.60. The first-order valence-electron chi connectivity index (χ1n) is 7.49. The Morgan fingerprint density at radius 3 is 2.62 bits per heavy atom. The Morgan fingerprint density at radius 2 is 1.83 bits per heavy atom. The maximum absolute atomic E-state index is 13.6. The standard InChI is InChI=1S/C19H18FNO2.ClH/c20-19-9-2-1-6-16(19)14-23-17-7-3-5-15(11-17)12-21-13-18-8-4-10-22-18;/h1-11,21H,12-14H2;1H/p-1. The number of furan rings is 1. The van der Waals surface area contributed by atoms with Gasteiger partial charge in [-0.05, 0) is 35.9 Å². The number of hydrogen-bond donors (Lipinski definition) is 1. The van der Waals surface area contributed by atoms with Crippen molar-refractivity contribution < 1.29 is 26.0 Å². The summed E-state index contributed by atoms with van der Waals surface area (Å²) >= 11 is 0. The molecule has 0 amide bonds. The topological polar surface area (TPSA) is 34.4 Å². The van der Waals surface area contributed by atoms with Crippen molar-refractivity contribution in [1.29, 1.82) is 0 Å². The highest BCUT2D eigenvalue weighted by atomic mass is 35.5. The molecule has 0 aliphatic rings. The van der Waals surface area contributed by atoms with E-state index < -0.39 is 0 Å². The minimum Gasteiger partial charge on any atom is -1.00 e. The maximum atomic E-state index is 13.6. The van der Waals surface area contributed by atoms with Gasteiger partial charge in [0.2, 0.25) is 0 Å². The number of rotatable bonds is 7. The van der Waals surface area contributed by atoms with Crippen LogP contribution in [0.5, 0.6) is 5.75 Å². The summed E-state index contributed by atoms with van der Waals surface area (Å²) in [6.07, 6.45) is 1.66. The molecule has 0 atom stereocenters. The molecule has 0 unspecified atom stereocenters. The summed E-state index contributed by atoms with van der Waals surface area (Å²) in [4.78, 5) is 0. The molecule has 24 heavy (non-hydrogen) atoms. The quantitative estimate of drug-likeness (QED) is 0.700. The van der Waals surface area contributed by atoms with E-state index in [9.17, 15) is 4.39 Å². The molecule has 1 N–H and O–H groups in total. The third kappa shape index (κ3) is 5.11. The summed E-state index contributed by atoms with van der Waals surface area (Å²) in [6, 6.07) is 18.2. The molecular weight excluding hydrogens is 329 g/mol. The lowest BCUT2D eigenvalue weighted by Gasteiger charge is -2.09. The summed E-state index contributed by atoms with van der Waals surface area (Å²) < 4.78 is 24.5. The zero-order valence-corrected chi connectivity index (χ0v) is 13.8. The zero-order chi connectivity index (χ0) is 15.9. The number of ether oxygens (including phenoxy) is 1. The van der Waals surface area contributed by atoms with Crippen LogP contribution in [0.4, 0.5) is 4.39 Å². The van der Waals surface area contributed by atoms with Crippen molar-refractivity contribution in [2.45, 2.75) is 19.7 Å². The van der Waals surface area contributed by atoms with Crippen LogP contribution in [-0.4, -0.2) is 0 Å². The highest BCUT2D eigenvalue weighted by Crippen LogP contribution is 2.16. The summed E-state index contributed by atoms with van der Waals surface area (Å²) in [5.41, 5.74) is 1.65. The first kappa shape index (κ1) is 18.0. The van der Waals surface area contributed by atoms with Crippen molar-refractivity contribution in [2.24, 2.45) is 0 Å². The molecule has 0 radical (unpaired) electrons. The smallest absolute Gasteiger partial charge is 0.129 e. The van der Waals surface area contributed by atoms with E-state index in [0.29, 0.717) is 18.7 Å². The van der Waals surface area contributed by atoms with E-state index in [1.165, 1.54) is 6.07 Å². The lowest BCUT2D eigenvalue weighted by atomic mass is 10.2. The predicted octanol–water partition coefficient (Wildman–Crippen LogP) is 1.29. The van der Waals surface area contributed by atoms with Crippen LogP contribution in [0.1, 0.15) is 16.9 Å². The molecule has 3 rings (SSSR count). The van der Waals surface area contributed by atoms with Crippen LogP contribution in [0.3, 0.4) is 0 Å². The van der Waals surface area contributed by atoms with Crippen molar-refractivity contribution in [1.82, 2.24) is 5.32 Å². The molecule has 2 aromatic carbocycles. The van der Waals surface area contributed by atoms with Gasteiger partial charge in [0.05, 0.1) is 12.8 Å². The molecule has 0 saturated carbocycles. The van der Waals surface area contributed by atoms with Crippen molar-refractivity contribution in [3.05, 3.63) is 89.6 Å². The Labute approximate surface area is 146 Å². The Hall–Kier alpha value is -2.30. The van der Waals surface area contributed by atoms with Crippen LogP contribution < -0.4 is 22.5 Å². The normalized spacial score (nSPS) is 10.2. The van der Waals surface area contributed by atoms with Crippen LogP contribution in [0.25, 0.3) is 0 Å². The second-order valence-electron chi connectivity index (χ2n) is 5.21. The van der Waals surface area contributed by atoms with Gasteiger partial charge in [0.25, 0.3) is 0 Å². The van der Waals surface area contributed by atoms with Gasteiger partial charge in [-0.3, -0.25) is 0 Å². The van der Waals surface area contributed by atoms with E-state index in [1.54, 1.807) is 24.5 Å². The fourth-order valence-corrected chi connectivity index (χ4v) is 2.26. The molecular formula is C19H18ClFNO2-. The average molecular weight is 347 g/mol. The first-order chi connectivity index (χ1) is 11.3. The van der Waals surface area contributed by atoms with Gasteiger partial charge < -0.3 is 26.9 Å². The summed E-state index contributed by atoms with van der Waals surface area (Å²) in [5.74, 6) is 1.38. The average Bonchev–Trinajstić information content (AvgIpc) is 3.08. The van der Waals surface area contributed by atoms with Gasteiger partial charge >= 0.3 is 0 Å². The second kappa shape index (κ2) is 9.11. The number of halogens is 2. The highest BCUT2D eigenvalue weighted by molar-refractivity contribution is 5.29. The number of hydrogen-bond acceptors (Lipinski definition) is 3. The fourth-order valence-electron chi connectivity index (χ4n) is 2.26. The lowest BCUT2D eigenvalue weighted by Crippen LogP contribution is -3.00. The van der Waals surface area contributed by atoms with Crippen LogP contribution in [0.15, 0.2) is 71.3 Å². The van der Waals surface area contributed by atoms with Gasteiger partial charge in [-0.1, -0.05) is 30.3 Å². The minimum absolute atomic E-state index is 0. The third-order valence-electron chi connectivity index (χ3n) is 3.46. The first-order valence-corrected chi connectivity index (χ1v) is 7.49. The van der Waals surface area contributed by atoms with Crippen molar-refractivity contribution in [3.63, 3.8) is 0 Å². The number of benzene rings is 2. The van der Waals surface area contributed by atoms with Crippen molar-refractivity contribution in [3.8, 4) is 5.75 Å². The van der Waals surface area contributed by atoms with E-state index in [2.05, 4.69) is 5.32 Å². The Balaban J connectivity index is 0.00000208. The summed E-state index contributed by atoms with van der Waals surface area (Å²) in [7, 11) is 0. The summed E-state index contributed by atoms with van der Waals surface area (Å²) in [5, 5.41) is 3.30. The van der Waals surface area contributed by atoms with Crippen LogP contribution in [0, 0.1) is 5.82 Å². The SMILES string of the molecule is Fc1ccccc1COc1cccc(CNCc2ccco2)c1.[Cl-]. The van der Waals surface area contributed by atoms with Gasteiger partial charge in [0.1, 0.15) is 23.9 Å². The van der Waals surface area contributed by atoms with E-state index in [-0.39, 0.29) is 24.8 Å². The molecule has 1 aromatic heterocycles. The van der Waals surface area contributed by atoms with E-state index >= 15 is 0 Å². The van der Waals surface area contributed by atoms with Crippen molar-refractivity contribution in [2.75, 3.05) is 0 Å². The van der Waals surface area contributed by atoms with Crippen LogP contribution in [0.2, 0.25) is 0 Å². The molecule has 0 aliphatic carbocycles. The molecule has 0 bridgehead atoms. The maximum Gasteiger partial charge on any atom is 0.129 e. The molecule has 3 nitrogen and oxygen atoms in total. The van der Waals surface area contributed by atoms with Gasteiger partial charge in [0.15, 0.2) is 0 Å². The van der Waals surface area contributed by atoms with E-state index in [4.69, 9.17) is 9.15 Å².